The van der Waals surface area contributed by atoms with Crippen LogP contribution in [0.3, 0.4) is 0 Å². The molecule has 12 heteroatoms. The van der Waals surface area contributed by atoms with Crippen molar-refractivity contribution in [1.29, 1.82) is 0 Å². The molecular formula is C10H16N4O7S. The molecule has 1 aromatic rings. The summed E-state index contributed by atoms with van der Waals surface area (Å²) in [5.41, 5.74) is 0.178. The Hall–Kier alpha value is -2.21. The molecule has 0 spiro atoms. The van der Waals surface area contributed by atoms with Crippen LogP contribution in [0, 0.1) is 10.1 Å². The lowest BCUT2D eigenvalue weighted by Crippen LogP contribution is -2.23. The Labute approximate surface area is 126 Å². The van der Waals surface area contributed by atoms with Gasteiger partial charge in [0.25, 0.3) is 10.1 Å². The minimum atomic E-state index is -3.74. The van der Waals surface area contributed by atoms with Gasteiger partial charge in [0.2, 0.25) is 0 Å². The van der Waals surface area contributed by atoms with Crippen molar-refractivity contribution in [3.8, 4) is 0 Å². The molecule has 0 N–H and O–H groups in total. The van der Waals surface area contributed by atoms with E-state index in [9.17, 15) is 23.3 Å². The fourth-order valence-electron chi connectivity index (χ4n) is 1.46. The zero-order valence-corrected chi connectivity index (χ0v) is 13.3. The quantitative estimate of drug-likeness (QED) is 0.402. The molecule has 0 aromatic carbocycles. The second-order valence-corrected chi connectivity index (χ2v) is 6.18. The van der Waals surface area contributed by atoms with E-state index in [1.165, 1.54) is 26.0 Å². The molecule has 0 atom stereocenters. The van der Waals surface area contributed by atoms with Gasteiger partial charge in [0.05, 0.1) is 13.3 Å². The van der Waals surface area contributed by atoms with Crippen LogP contribution in [0.4, 0.5) is 10.7 Å². The SMILES string of the molecule is CN(C)C(=O)OCc1c(COS(C)(=O)=O)nc([N+](=O)[O-])n1C. The predicted molar refractivity (Wildman–Crippen MR) is 73.4 cm³/mol. The Balaban J connectivity index is 3.05. The Morgan fingerprint density at radius 2 is 2.00 bits per heavy atom. The number of rotatable bonds is 6. The molecule has 124 valence electrons. The fourth-order valence-corrected chi connectivity index (χ4v) is 1.78. The summed E-state index contributed by atoms with van der Waals surface area (Å²) in [6.45, 7) is -0.799. The summed E-state index contributed by atoms with van der Waals surface area (Å²) in [7, 11) is 0.560. The largest absolute Gasteiger partial charge is 0.441 e. The standard InChI is InChI=1S/C10H16N4O7S/c1-12(2)10(15)20-6-8-7(5-21-22(4,18)19)11-9(13(8)3)14(16)17/h5-6H2,1-4H3. The lowest BCUT2D eigenvalue weighted by atomic mass is 10.3. The van der Waals surface area contributed by atoms with Crippen molar-refractivity contribution >= 4 is 22.2 Å². The highest BCUT2D eigenvalue weighted by atomic mass is 32.2. The molecule has 0 aliphatic carbocycles. The number of imidazole rings is 1. The van der Waals surface area contributed by atoms with Crippen molar-refractivity contribution in [3.63, 3.8) is 0 Å². The topological polar surface area (TPSA) is 134 Å². The molecule has 1 rings (SSSR count). The van der Waals surface area contributed by atoms with Gasteiger partial charge in [-0.25, -0.2) is 9.36 Å². The van der Waals surface area contributed by atoms with Gasteiger partial charge in [-0.1, -0.05) is 4.98 Å². The van der Waals surface area contributed by atoms with Gasteiger partial charge < -0.3 is 19.8 Å². The molecule has 0 fully saturated rings. The first-order valence-electron chi connectivity index (χ1n) is 5.90. The van der Waals surface area contributed by atoms with Crippen LogP contribution in [0.2, 0.25) is 0 Å². The summed E-state index contributed by atoms with van der Waals surface area (Å²) in [5, 5.41) is 10.9. The average molecular weight is 336 g/mol. The van der Waals surface area contributed by atoms with Crippen molar-refractivity contribution in [2.75, 3.05) is 20.4 Å². The maximum Gasteiger partial charge on any atom is 0.435 e. The Kier molecular flexibility index (Phi) is 5.43. The van der Waals surface area contributed by atoms with E-state index in [1.54, 1.807) is 0 Å². The number of aromatic nitrogens is 2. The highest BCUT2D eigenvalue weighted by Gasteiger charge is 2.27. The molecule has 1 heterocycles. The number of ether oxygens (including phenoxy) is 1. The molecule has 0 radical (unpaired) electrons. The minimum Gasteiger partial charge on any atom is -0.441 e. The predicted octanol–water partition coefficient (Wildman–Crippen LogP) is 0.00270. The van der Waals surface area contributed by atoms with Crippen LogP contribution in [0.1, 0.15) is 11.4 Å². The zero-order chi connectivity index (χ0) is 17.1. The van der Waals surface area contributed by atoms with Crippen molar-refractivity contribution in [2.24, 2.45) is 7.05 Å². The van der Waals surface area contributed by atoms with E-state index in [-0.39, 0.29) is 18.0 Å². The lowest BCUT2D eigenvalue weighted by molar-refractivity contribution is -0.396. The molecular weight excluding hydrogens is 320 g/mol. The maximum absolute atomic E-state index is 11.4. The van der Waals surface area contributed by atoms with E-state index >= 15 is 0 Å². The van der Waals surface area contributed by atoms with Gasteiger partial charge in [-0.15, -0.1) is 0 Å². The van der Waals surface area contributed by atoms with Crippen LogP contribution in [0.15, 0.2) is 0 Å². The highest BCUT2D eigenvalue weighted by molar-refractivity contribution is 7.85. The molecule has 22 heavy (non-hydrogen) atoms. The first kappa shape index (κ1) is 17.8. The van der Waals surface area contributed by atoms with Crippen molar-refractivity contribution in [3.05, 3.63) is 21.5 Å². The highest BCUT2D eigenvalue weighted by Crippen LogP contribution is 2.19. The van der Waals surface area contributed by atoms with Crippen LogP contribution in [0.25, 0.3) is 0 Å². The van der Waals surface area contributed by atoms with Gasteiger partial charge in [0.15, 0.2) is 18.0 Å². The van der Waals surface area contributed by atoms with Gasteiger partial charge in [-0.3, -0.25) is 4.18 Å². The molecule has 0 aliphatic heterocycles. The third kappa shape index (κ3) is 4.66. The van der Waals surface area contributed by atoms with Gasteiger partial charge in [0.1, 0.15) is 6.61 Å². The van der Waals surface area contributed by atoms with E-state index in [0.29, 0.717) is 0 Å². The van der Waals surface area contributed by atoms with Crippen molar-refractivity contribution < 1.29 is 27.1 Å². The number of hydrogen-bond donors (Lipinski definition) is 0. The Morgan fingerprint density at radius 1 is 1.41 bits per heavy atom. The van der Waals surface area contributed by atoms with Crippen molar-refractivity contribution in [2.45, 2.75) is 13.2 Å². The van der Waals surface area contributed by atoms with Gasteiger partial charge >= 0.3 is 12.0 Å². The molecule has 0 aliphatic rings. The molecule has 0 unspecified atom stereocenters. The summed E-state index contributed by atoms with van der Waals surface area (Å²) in [4.78, 5) is 26.4. The second kappa shape index (κ2) is 6.70. The normalized spacial score (nSPS) is 11.3. The smallest absolute Gasteiger partial charge is 0.435 e. The maximum atomic E-state index is 11.4. The monoisotopic (exact) mass is 336 g/mol. The molecule has 1 aromatic heterocycles. The summed E-state index contributed by atoms with van der Waals surface area (Å²) in [6.07, 6.45) is 0.189. The third-order valence-corrected chi connectivity index (χ3v) is 3.09. The molecule has 0 bridgehead atoms. The molecule has 0 saturated carbocycles. The first-order chi connectivity index (χ1) is 10.0. The van der Waals surface area contributed by atoms with Crippen LogP contribution in [-0.4, -0.2) is 54.2 Å². The lowest BCUT2D eigenvalue weighted by Gasteiger charge is -2.10. The van der Waals surface area contributed by atoms with Crippen molar-refractivity contribution in [1.82, 2.24) is 14.5 Å². The molecule has 0 saturated heterocycles. The summed E-state index contributed by atoms with van der Waals surface area (Å²) >= 11 is 0. The minimum absolute atomic E-state index is 0.00572. The number of nitrogens with zero attached hydrogens (tertiary/aromatic N) is 4. The van der Waals surface area contributed by atoms with Crippen LogP contribution < -0.4 is 0 Å². The van der Waals surface area contributed by atoms with Gasteiger partial charge in [-0.2, -0.15) is 8.42 Å². The zero-order valence-electron chi connectivity index (χ0n) is 12.5. The fraction of sp³-hybridized carbons (Fsp3) is 0.600. The summed E-state index contributed by atoms with van der Waals surface area (Å²) in [5.74, 6) is -0.511. The first-order valence-corrected chi connectivity index (χ1v) is 7.72. The van der Waals surface area contributed by atoms with E-state index in [2.05, 4.69) is 9.17 Å². The molecule has 11 nitrogen and oxygen atoms in total. The summed E-state index contributed by atoms with van der Waals surface area (Å²) in [6, 6.07) is 0. The van der Waals surface area contributed by atoms with Crippen LogP contribution >= 0.6 is 0 Å². The van der Waals surface area contributed by atoms with Gasteiger partial charge in [-0.05, 0) is 4.92 Å². The molecule has 1 amide bonds. The van der Waals surface area contributed by atoms with Gasteiger partial charge in [0, 0.05) is 14.1 Å². The van der Waals surface area contributed by atoms with E-state index < -0.39 is 33.7 Å². The van der Waals surface area contributed by atoms with E-state index in [0.717, 1.165) is 10.8 Å². The third-order valence-electron chi connectivity index (χ3n) is 2.54. The van der Waals surface area contributed by atoms with E-state index in [1.807, 2.05) is 0 Å². The Bertz CT molecular complexity index is 680. The number of hydrogen-bond acceptors (Lipinski definition) is 8. The van der Waals surface area contributed by atoms with Crippen LogP contribution in [0.5, 0.6) is 0 Å². The Morgan fingerprint density at radius 3 is 2.45 bits per heavy atom. The second-order valence-electron chi connectivity index (χ2n) is 4.54. The number of nitro groups is 1. The summed E-state index contributed by atoms with van der Waals surface area (Å²) < 4.78 is 32.6. The number of carbonyl (C=O) groups excluding carboxylic acids is 1. The van der Waals surface area contributed by atoms with E-state index in [4.69, 9.17) is 4.74 Å². The average Bonchev–Trinajstić information content (AvgIpc) is 2.69. The number of amides is 1. The van der Waals surface area contributed by atoms with Crippen LogP contribution in [-0.2, 0) is 39.3 Å². The number of carbonyl (C=O) groups is 1.